The first-order valence-corrected chi connectivity index (χ1v) is 11.1. The van der Waals surface area contributed by atoms with Gasteiger partial charge in [-0.3, -0.25) is 14.6 Å². The molecule has 33 heavy (non-hydrogen) atoms. The summed E-state index contributed by atoms with van der Waals surface area (Å²) in [6, 6.07) is 3.15. The number of benzene rings is 1. The lowest BCUT2D eigenvalue weighted by atomic mass is 10.1. The van der Waals surface area contributed by atoms with E-state index in [-0.39, 0.29) is 23.7 Å². The summed E-state index contributed by atoms with van der Waals surface area (Å²) in [6.07, 6.45) is 3.24. The van der Waals surface area contributed by atoms with Gasteiger partial charge < -0.3 is 15.1 Å². The van der Waals surface area contributed by atoms with Crippen LogP contribution in [0.2, 0.25) is 0 Å². The fourth-order valence-corrected chi connectivity index (χ4v) is 4.41. The Bertz CT molecular complexity index is 1190. The molecule has 2 aromatic heterocycles. The Balaban J connectivity index is 1.51. The number of anilines is 1. The van der Waals surface area contributed by atoms with E-state index in [0.29, 0.717) is 34.9 Å². The maximum atomic E-state index is 13.5. The Kier molecular flexibility index (Phi) is 6.70. The van der Waals surface area contributed by atoms with E-state index in [0.717, 1.165) is 36.8 Å². The molecule has 1 aliphatic rings. The van der Waals surface area contributed by atoms with E-state index in [2.05, 4.69) is 24.6 Å². The van der Waals surface area contributed by atoms with Crippen molar-refractivity contribution in [1.82, 2.24) is 24.1 Å². The topological polar surface area (TPSA) is 91.3 Å². The van der Waals surface area contributed by atoms with Gasteiger partial charge in [0.15, 0.2) is 11.6 Å². The molecule has 0 saturated carbocycles. The van der Waals surface area contributed by atoms with Crippen molar-refractivity contribution in [3.05, 3.63) is 69.7 Å². The van der Waals surface area contributed by atoms with E-state index in [9.17, 15) is 18.4 Å². The molecule has 172 valence electrons. The Hall–Kier alpha value is -3.31. The zero-order valence-corrected chi connectivity index (χ0v) is 19.0. The molecule has 1 aliphatic heterocycles. The number of piperazine rings is 1. The summed E-state index contributed by atoms with van der Waals surface area (Å²) in [4.78, 5) is 38.8. The van der Waals surface area contributed by atoms with Crippen LogP contribution in [0.1, 0.15) is 37.1 Å². The Morgan fingerprint density at radius 3 is 2.61 bits per heavy atom. The average Bonchev–Trinajstić information content (AvgIpc) is 3.16. The third kappa shape index (κ3) is 5.20. The minimum absolute atomic E-state index is 0.134. The van der Waals surface area contributed by atoms with Crippen molar-refractivity contribution in [2.75, 3.05) is 38.5 Å². The summed E-state index contributed by atoms with van der Waals surface area (Å²) < 4.78 is 30.9. The standard InChI is InChI=1S/C22H22F2N6O2S/c1-13-20(21(31)27-14-3-4-16(23)17(24)9-14)19(33-28-13)10-15-11-25-12-18(26-15)22(32)30-7-5-29(2)6-8-30/h3-4,9,11-12H,5-8,10H2,1-2H3,(H,27,31). The minimum atomic E-state index is -1.05. The third-order valence-electron chi connectivity index (χ3n) is 5.37. The van der Waals surface area contributed by atoms with Gasteiger partial charge in [0, 0.05) is 55.4 Å². The van der Waals surface area contributed by atoms with Crippen LogP contribution in [0.4, 0.5) is 14.5 Å². The van der Waals surface area contributed by atoms with Crippen molar-refractivity contribution in [3.63, 3.8) is 0 Å². The van der Waals surface area contributed by atoms with Crippen molar-refractivity contribution in [1.29, 1.82) is 0 Å². The number of nitrogens with zero attached hydrogens (tertiary/aromatic N) is 5. The van der Waals surface area contributed by atoms with E-state index in [1.165, 1.54) is 12.3 Å². The van der Waals surface area contributed by atoms with Crippen LogP contribution in [0.15, 0.2) is 30.6 Å². The number of hydrogen-bond donors (Lipinski definition) is 1. The van der Waals surface area contributed by atoms with Gasteiger partial charge in [0.2, 0.25) is 0 Å². The monoisotopic (exact) mass is 472 g/mol. The molecule has 3 heterocycles. The van der Waals surface area contributed by atoms with Gasteiger partial charge in [0.1, 0.15) is 5.69 Å². The fourth-order valence-electron chi connectivity index (χ4n) is 3.53. The van der Waals surface area contributed by atoms with Gasteiger partial charge in [-0.25, -0.2) is 13.8 Å². The number of hydrogen-bond acceptors (Lipinski definition) is 7. The lowest BCUT2D eigenvalue weighted by Crippen LogP contribution is -2.47. The molecule has 0 aliphatic carbocycles. The summed E-state index contributed by atoms with van der Waals surface area (Å²) in [7, 11) is 2.01. The van der Waals surface area contributed by atoms with Crippen LogP contribution >= 0.6 is 11.5 Å². The summed E-state index contributed by atoms with van der Waals surface area (Å²) in [6.45, 7) is 4.55. The smallest absolute Gasteiger partial charge is 0.274 e. The molecule has 0 bridgehead atoms. The van der Waals surface area contributed by atoms with Crippen LogP contribution in [0.25, 0.3) is 0 Å². The Morgan fingerprint density at radius 1 is 1.12 bits per heavy atom. The number of aromatic nitrogens is 3. The first-order chi connectivity index (χ1) is 15.8. The minimum Gasteiger partial charge on any atom is -0.335 e. The Labute approximate surface area is 193 Å². The normalized spacial score (nSPS) is 14.4. The second kappa shape index (κ2) is 9.67. The van der Waals surface area contributed by atoms with E-state index >= 15 is 0 Å². The summed E-state index contributed by atoms with van der Waals surface area (Å²) >= 11 is 1.14. The van der Waals surface area contributed by atoms with Crippen LogP contribution in [0.3, 0.4) is 0 Å². The lowest BCUT2D eigenvalue weighted by Gasteiger charge is -2.32. The van der Waals surface area contributed by atoms with E-state index < -0.39 is 17.5 Å². The molecule has 11 heteroatoms. The van der Waals surface area contributed by atoms with E-state index in [4.69, 9.17) is 0 Å². The molecule has 3 aromatic rings. The van der Waals surface area contributed by atoms with E-state index in [1.54, 1.807) is 18.0 Å². The van der Waals surface area contributed by atoms with Gasteiger partial charge in [-0.05, 0) is 37.6 Å². The molecule has 1 fully saturated rings. The maximum Gasteiger partial charge on any atom is 0.274 e. The van der Waals surface area contributed by atoms with Crippen molar-refractivity contribution in [2.45, 2.75) is 13.3 Å². The third-order valence-corrected chi connectivity index (χ3v) is 6.31. The van der Waals surface area contributed by atoms with Gasteiger partial charge >= 0.3 is 0 Å². The van der Waals surface area contributed by atoms with Crippen molar-refractivity contribution >= 4 is 29.0 Å². The number of likely N-dealkylation sites (N-methyl/N-ethyl adjacent to an activating group) is 1. The first kappa shape index (κ1) is 22.9. The second-order valence-corrected chi connectivity index (χ2v) is 8.68. The largest absolute Gasteiger partial charge is 0.335 e. The predicted octanol–water partition coefficient (Wildman–Crippen LogP) is 2.75. The molecule has 1 saturated heterocycles. The van der Waals surface area contributed by atoms with Crippen LogP contribution in [-0.2, 0) is 6.42 Å². The number of amides is 2. The molecule has 0 unspecified atom stereocenters. The number of aryl methyl sites for hydroxylation is 1. The molecular weight excluding hydrogens is 450 g/mol. The van der Waals surface area contributed by atoms with Gasteiger partial charge in [-0.1, -0.05) is 0 Å². The lowest BCUT2D eigenvalue weighted by molar-refractivity contribution is 0.0657. The first-order valence-electron chi connectivity index (χ1n) is 10.3. The number of nitrogens with one attached hydrogen (secondary N) is 1. The van der Waals surface area contributed by atoms with Gasteiger partial charge in [0.05, 0.1) is 23.1 Å². The van der Waals surface area contributed by atoms with Crippen LogP contribution in [-0.4, -0.2) is 69.2 Å². The summed E-state index contributed by atoms with van der Waals surface area (Å²) in [5, 5.41) is 2.58. The molecule has 0 atom stereocenters. The molecule has 2 amide bonds. The molecule has 0 spiro atoms. The highest BCUT2D eigenvalue weighted by molar-refractivity contribution is 7.06. The van der Waals surface area contributed by atoms with Crippen molar-refractivity contribution < 1.29 is 18.4 Å². The molecule has 0 radical (unpaired) electrons. The van der Waals surface area contributed by atoms with Crippen molar-refractivity contribution in [2.24, 2.45) is 0 Å². The number of halogens is 2. The zero-order chi connectivity index (χ0) is 23.5. The SMILES string of the molecule is Cc1nsc(Cc2cncc(C(=O)N3CCN(C)CC3)n2)c1C(=O)Nc1ccc(F)c(F)c1. The predicted molar refractivity (Wildman–Crippen MR) is 119 cm³/mol. The number of rotatable bonds is 5. The molecule has 1 aromatic carbocycles. The zero-order valence-electron chi connectivity index (χ0n) is 18.1. The van der Waals surface area contributed by atoms with Crippen LogP contribution in [0, 0.1) is 18.6 Å². The highest BCUT2D eigenvalue weighted by atomic mass is 32.1. The number of carbonyl (C=O) groups is 2. The fraction of sp³-hybridized carbons (Fsp3) is 0.318. The quantitative estimate of drug-likeness (QED) is 0.614. The van der Waals surface area contributed by atoms with Gasteiger partial charge in [-0.15, -0.1) is 0 Å². The molecule has 1 N–H and O–H groups in total. The second-order valence-electron chi connectivity index (χ2n) is 7.82. The van der Waals surface area contributed by atoms with E-state index in [1.807, 2.05) is 7.05 Å². The van der Waals surface area contributed by atoms with Crippen LogP contribution < -0.4 is 5.32 Å². The molecule has 4 rings (SSSR count). The van der Waals surface area contributed by atoms with Crippen molar-refractivity contribution in [3.8, 4) is 0 Å². The highest BCUT2D eigenvalue weighted by Crippen LogP contribution is 2.23. The highest BCUT2D eigenvalue weighted by Gasteiger charge is 2.23. The van der Waals surface area contributed by atoms with Gasteiger partial charge in [-0.2, -0.15) is 4.37 Å². The van der Waals surface area contributed by atoms with Gasteiger partial charge in [0.25, 0.3) is 11.8 Å². The Morgan fingerprint density at radius 2 is 1.88 bits per heavy atom. The summed E-state index contributed by atoms with van der Waals surface area (Å²) in [5.74, 6) is -2.70. The number of carbonyl (C=O) groups excluding carboxylic acids is 2. The summed E-state index contributed by atoms with van der Waals surface area (Å²) in [5.41, 5.74) is 1.76. The average molecular weight is 473 g/mol. The molecule has 8 nitrogen and oxygen atoms in total. The molecular formula is C22H22F2N6O2S. The maximum absolute atomic E-state index is 13.5. The van der Waals surface area contributed by atoms with Crippen LogP contribution in [0.5, 0.6) is 0 Å².